The molecular formula is C21H23Br2NO3. The molecule has 6 heteroatoms. The third kappa shape index (κ3) is 4.50. The Hall–Kier alpha value is -1.08. The molecule has 0 N–H and O–H groups in total. The maximum Gasteiger partial charge on any atom is 0.231 e. The van der Waals surface area contributed by atoms with Gasteiger partial charge in [-0.05, 0) is 49.1 Å². The summed E-state index contributed by atoms with van der Waals surface area (Å²) in [5, 5.41) is 0. The number of hydrogen-bond acceptors (Lipinski definition) is 4. The Morgan fingerprint density at radius 2 is 1.96 bits per heavy atom. The van der Waals surface area contributed by atoms with Gasteiger partial charge in [0.1, 0.15) is 0 Å². The van der Waals surface area contributed by atoms with Crippen LogP contribution in [0, 0.1) is 6.92 Å². The van der Waals surface area contributed by atoms with Gasteiger partial charge in [0.05, 0.1) is 6.10 Å². The van der Waals surface area contributed by atoms with E-state index >= 15 is 0 Å². The Kier molecular flexibility index (Phi) is 6.07. The minimum absolute atomic E-state index is 0.286. The van der Waals surface area contributed by atoms with Crippen LogP contribution in [0.15, 0.2) is 39.3 Å². The monoisotopic (exact) mass is 495 g/mol. The third-order valence-electron chi connectivity index (χ3n) is 5.05. The number of aryl methyl sites for hydroxylation is 1. The van der Waals surface area contributed by atoms with Crippen LogP contribution < -0.4 is 9.47 Å². The van der Waals surface area contributed by atoms with Gasteiger partial charge in [0.2, 0.25) is 6.79 Å². The van der Waals surface area contributed by atoms with Gasteiger partial charge in [0, 0.05) is 40.8 Å². The maximum atomic E-state index is 5.91. The summed E-state index contributed by atoms with van der Waals surface area (Å²) in [7, 11) is 0. The van der Waals surface area contributed by atoms with Crippen LogP contribution in [0.2, 0.25) is 0 Å². The highest BCUT2D eigenvalue weighted by Crippen LogP contribution is 2.40. The second-order valence-corrected chi connectivity index (χ2v) is 8.87. The topological polar surface area (TPSA) is 30.9 Å². The van der Waals surface area contributed by atoms with Gasteiger partial charge in [-0.2, -0.15) is 0 Å². The van der Waals surface area contributed by atoms with Gasteiger partial charge in [-0.25, -0.2) is 0 Å². The van der Waals surface area contributed by atoms with E-state index < -0.39 is 0 Å². The van der Waals surface area contributed by atoms with Crippen LogP contribution in [0.3, 0.4) is 0 Å². The van der Waals surface area contributed by atoms with Gasteiger partial charge < -0.3 is 14.2 Å². The van der Waals surface area contributed by atoms with Gasteiger partial charge in [0.25, 0.3) is 0 Å². The standard InChI is InChI=1S/C21H23Br2NO3/c1-14-4-5-15(19(23)9-14)10-24(11-16-3-2-8-25-16)12-17-18(22)6-7-20-21(17)27-13-26-20/h4-7,9,16H,2-3,8,10-13H2,1H3. The number of benzene rings is 2. The van der Waals surface area contributed by atoms with E-state index in [4.69, 9.17) is 14.2 Å². The minimum atomic E-state index is 0.286. The lowest BCUT2D eigenvalue weighted by Gasteiger charge is -2.27. The molecule has 27 heavy (non-hydrogen) atoms. The lowest BCUT2D eigenvalue weighted by Crippen LogP contribution is -2.31. The lowest BCUT2D eigenvalue weighted by atomic mass is 10.1. The molecule has 0 spiro atoms. The van der Waals surface area contributed by atoms with E-state index in [1.54, 1.807) is 0 Å². The second kappa shape index (κ2) is 8.52. The summed E-state index contributed by atoms with van der Waals surface area (Å²) in [5.74, 6) is 1.67. The van der Waals surface area contributed by atoms with Crippen LogP contribution in [0.4, 0.5) is 0 Å². The van der Waals surface area contributed by atoms with E-state index in [0.29, 0.717) is 6.10 Å². The molecule has 144 valence electrons. The summed E-state index contributed by atoms with van der Waals surface area (Å²) >= 11 is 7.42. The molecule has 2 heterocycles. The fourth-order valence-corrected chi connectivity index (χ4v) is 4.72. The molecular weight excluding hydrogens is 474 g/mol. The highest BCUT2D eigenvalue weighted by Gasteiger charge is 2.25. The molecule has 1 fully saturated rings. The molecule has 0 aromatic heterocycles. The van der Waals surface area contributed by atoms with E-state index in [9.17, 15) is 0 Å². The molecule has 0 radical (unpaired) electrons. The molecule has 0 bridgehead atoms. The zero-order valence-corrected chi connectivity index (χ0v) is 18.5. The molecule has 2 aliphatic heterocycles. The second-order valence-electron chi connectivity index (χ2n) is 7.16. The number of rotatable bonds is 6. The Morgan fingerprint density at radius 1 is 1.07 bits per heavy atom. The first-order chi connectivity index (χ1) is 13.1. The van der Waals surface area contributed by atoms with Gasteiger partial charge in [-0.3, -0.25) is 4.90 Å². The van der Waals surface area contributed by atoms with Gasteiger partial charge in [0.15, 0.2) is 11.5 Å². The molecule has 4 rings (SSSR count). The van der Waals surface area contributed by atoms with Gasteiger partial charge in [-0.1, -0.05) is 44.0 Å². The summed E-state index contributed by atoms with van der Waals surface area (Å²) in [6, 6.07) is 10.5. The van der Waals surface area contributed by atoms with Crippen molar-refractivity contribution in [1.82, 2.24) is 4.90 Å². The summed E-state index contributed by atoms with van der Waals surface area (Å²) in [6.45, 7) is 5.78. The molecule has 0 aliphatic carbocycles. The van der Waals surface area contributed by atoms with Crippen LogP contribution in [-0.2, 0) is 17.8 Å². The van der Waals surface area contributed by atoms with Crippen molar-refractivity contribution < 1.29 is 14.2 Å². The highest BCUT2D eigenvalue weighted by atomic mass is 79.9. The van der Waals surface area contributed by atoms with Crippen molar-refractivity contribution in [2.24, 2.45) is 0 Å². The normalized spacial score (nSPS) is 18.4. The Morgan fingerprint density at radius 3 is 2.74 bits per heavy atom. The average molecular weight is 497 g/mol. The number of fused-ring (bicyclic) bond motifs is 1. The zero-order chi connectivity index (χ0) is 18.8. The van der Waals surface area contributed by atoms with Gasteiger partial charge >= 0.3 is 0 Å². The fraction of sp³-hybridized carbons (Fsp3) is 0.429. The van der Waals surface area contributed by atoms with Crippen molar-refractivity contribution in [2.75, 3.05) is 19.9 Å². The van der Waals surface area contributed by atoms with Crippen LogP contribution in [0.5, 0.6) is 11.5 Å². The Bertz CT molecular complexity index is 821. The zero-order valence-electron chi connectivity index (χ0n) is 15.3. The van der Waals surface area contributed by atoms with Crippen LogP contribution in [0.25, 0.3) is 0 Å². The van der Waals surface area contributed by atoms with Crippen molar-refractivity contribution in [2.45, 2.75) is 39.0 Å². The van der Waals surface area contributed by atoms with Crippen molar-refractivity contribution >= 4 is 31.9 Å². The summed E-state index contributed by atoms with van der Waals surface area (Å²) in [6.07, 6.45) is 2.56. The van der Waals surface area contributed by atoms with E-state index in [1.165, 1.54) is 11.1 Å². The first kappa shape index (κ1) is 19.2. The fourth-order valence-electron chi connectivity index (χ4n) is 3.66. The van der Waals surface area contributed by atoms with E-state index in [-0.39, 0.29) is 6.79 Å². The average Bonchev–Trinajstić information content (AvgIpc) is 3.31. The molecule has 2 aromatic carbocycles. The van der Waals surface area contributed by atoms with E-state index in [0.717, 1.165) is 65.1 Å². The number of hydrogen-bond donors (Lipinski definition) is 0. The molecule has 1 saturated heterocycles. The van der Waals surface area contributed by atoms with Crippen molar-refractivity contribution in [3.05, 3.63) is 56.0 Å². The molecule has 4 nitrogen and oxygen atoms in total. The largest absolute Gasteiger partial charge is 0.454 e. The Labute approximate surface area is 177 Å². The lowest BCUT2D eigenvalue weighted by molar-refractivity contribution is 0.0673. The smallest absolute Gasteiger partial charge is 0.231 e. The van der Waals surface area contributed by atoms with Crippen molar-refractivity contribution in [3.8, 4) is 11.5 Å². The molecule has 1 unspecified atom stereocenters. The van der Waals surface area contributed by atoms with Crippen molar-refractivity contribution in [1.29, 1.82) is 0 Å². The molecule has 2 aliphatic rings. The predicted molar refractivity (Wildman–Crippen MR) is 112 cm³/mol. The first-order valence-corrected chi connectivity index (χ1v) is 10.8. The minimum Gasteiger partial charge on any atom is -0.454 e. The quantitative estimate of drug-likeness (QED) is 0.533. The van der Waals surface area contributed by atoms with Crippen LogP contribution >= 0.6 is 31.9 Å². The van der Waals surface area contributed by atoms with Crippen molar-refractivity contribution in [3.63, 3.8) is 0 Å². The summed E-state index contributed by atoms with van der Waals surface area (Å²) in [5.41, 5.74) is 3.66. The van der Waals surface area contributed by atoms with Crippen LogP contribution in [-0.4, -0.2) is 30.9 Å². The third-order valence-corrected chi connectivity index (χ3v) is 6.54. The predicted octanol–water partition coefficient (Wildman–Crippen LogP) is 5.43. The number of nitrogens with zero attached hydrogens (tertiary/aromatic N) is 1. The van der Waals surface area contributed by atoms with E-state index in [2.05, 4.69) is 61.9 Å². The first-order valence-electron chi connectivity index (χ1n) is 9.26. The molecule has 0 saturated carbocycles. The molecule has 2 aromatic rings. The number of ether oxygens (including phenoxy) is 3. The molecule has 0 amide bonds. The maximum absolute atomic E-state index is 5.91. The van der Waals surface area contributed by atoms with Gasteiger partial charge in [-0.15, -0.1) is 0 Å². The summed E-state index contributed by atoms with van der Waals surface area (Å²) in [4.78, 5) is 2.44. The van der Waals surface area contributed by atoms with E-state index in [1.807, 2.05) is 12.1 Å². The summed E-state index contributed by atoms with van der Waals surface area (Å²) < 4.78 is 19.4. The Balaban J connectivity index is 1.59. The van der Waals surface area contributed by atoms with Crippen LogP contribution in [0.1, 0.15) is 29.5 Å². The highest BCUT2D eigenvalue weighted by molar-refractivity contribution is 9.10. The number of halogens is 2. The SMILES string of the molecule is Cc1ccc(CN(Cc2c(Br)ccc3c2OCO3)CC2CCCO2)c(Br)c1. The molecule has 1 atom stereocenters.